The van der Waals surface area contributed by atoms with Gasteiger partial charge in [0.2, 0.25) is 0 Å². The molecule has 28 heavy (non-hydrogen) atoms. The van der Waals surface area contributed by atoms with Crippen molar-refractivity contribution in [1.82, 2.24) is 15.5 Å². The van der Waals surface area contributed by atoms with E-state index in [1.807, 2.05) is 59.5 Å². The van der Waals surface area contributed by atoms with E-state index in [0.29, 0.717) is 32.5 Å². The molecule has 0 saturated carbocycles. The van der Waals surface area contributed by atoms with E-state index >= 15 is 0 Å². The largest absolute Gasteiger partial charge is 0.348 e. The lowest BCUT2D eigenvalue weighted by molar-refractivity contribution is 0.0802. The van der Waals surface area contributed by atoms with Gasteiger partial charge in [-0.05, 0) is 24.6 Å². The summed E-state index contributed by atoms with van der Waals surface area (Å²) in [5.74, 6) is -0.0257. The van der Waals surface area contributed by atoms with Crippen molar-refractivity contribution in [2.75, 3.05) is 24.5 Å². The summed E-state index contributed by atoms with van der Waals surface area (Å²) in [5.41, 5.74) is 2.36. The second-order valence-electron chi connectivity index (χ2n) is 7.38. The summed E-state index contributed by atoms with van der Waals surface area (Å²) in [7, 11) is 0. The Morgan fingerprint density at radius 2 is 1.75 bits per heavy atom. The maximum absolute atomic E-state index is 12.7. The van der Waals surface area contributed by atoms with Crippen LogP contribution in [0.15, 0.2) is 54.6 Å². The summed E-state index contributed by atoms with van der Waals surface area (Å²) in [5, 5.41) is 6.23. The van der Waals surface area contributed by atoms with Gasteiger partial charge in [-0.25, -0.2) is 4.79 Å². The minimum Gasteiger partial charge on any atom is -0.348 e. The first-order valence-corrected chi connectivity index (χ1v) is 9.89. The topological polar surface area (TPSA) is 64.7 Å². The van der Waals surface area contributed by atoms with Gasteiger partial charge in [0.05, 0.1) is 11.3 Å². The van der Waals surface area contributed by atoms with Crippen LogP contribution in [0.1, 0.15) is 35.7 Å². The zero-order chi connectivity index (χ0) is 19.6. The van der Waals surface area contributed by atoms with Crippen molar-refractivity contribution in [2.45, 2.75) is 32.0 Å². The molecule has 0 bridgehead atoms. The molecule has 2 aromatic carbocycles. The highest BCUT2D eigenvalue weighted by Crippen LogP contribution is 2.37. The van der Waals surface area contributed by atoms with Gasteiger partial charge in [-0.1, -0.05) is 42.5 Å². The van der Waals surface area contributed by atoms with Crippen LogP contribution in [0.4, 0.5) is 10.5 Å². The maximum atomic E-state index is 12.7. The smallest absolute Gasteiger partial charge is 0.317 e. The zero-order valence-corrected chi connectivity index (χ0v) is 16.1. The van der Waals surface area contributed by atoms with Crippen LogP contribution in [0.2, 0.25) is 0 Å². The van der Waals surface area contributed by atoms with Crippen LogP contribution in [-0.2, 0) is 6.54 Å². The fraction of sp³-hybridized carbons (Fsp3) is 0.364. The van der Waals surface area contributed by atoms with E-state index in [4.69, 9.17) is 0 Å². The summed E-state index contributed by atoms with van der Waals surface area (Å²) in [6, 6.07) is 17.6. The number of hydrogen-bond donors (Lipinski definition) is 2. The van der Waals surface area contributed by atoms with Crippen molar-refractivity contribution in [3.8, 4) is 0 Å². The molecule has 0 aliphatic carbocycles. The predicted molar refractivity (Wildman–Crippen MR) is 109 cm³/mol. The second-order valence-corrected chi connectivity index (χ2v) is 7.38. The van der Waals surface area contributed by atoms with Gasteiger partial charge >= 0.3 is 6.03 Å². The number of hydrogen-bond acceptors (Lipinski definition) is 3. The van der Waals surface area contributed by atoms with Gasteiger partial charge in [-0.2, -0.15) is 0 Å². The number of carbonyl (C=O) groups excluding carboxylic acids is 2. The number of benzene rings is 2. The molecule has 3 amide bonds. The van der Waals surface area contributed by atoms with E-state index < -0.39 is 5.66 Å². The molecule has 6 nitrogen and oxygen atoms in total. The van der Waals surface area contributed by atoms with Crippen LogP contribution in [0.25, 0.3) is 0 Å². The van der Waals surface area contributed by atoms with E-state index in [1.165, 1.54) is 0 Å². The maximum Gasteiger partial charge on any atom is 0.317 e. The highest BCUT2D eigenvalue weighted by atomic mass is 16.2. The Hall–Kier alpha value is -3.02. The fourth-order valence-electron chi connectivity index (χ4n) is 4.31. The van der Waals surface area contributed by atoms with Crippen molar-refractivity contribution in [3.63, 3.8) is 0 Å². The average Bonchev–Trinajstić information content (AvgIpc) is 2.74. The first-order valence-electron chi connectivity index (χ1n) is 9.89. The van der Waals surface area contributed by atoms with Crippen molar-refractivity contribution in [3.05, 3.63) is 65.7 Å². The number of amides is 3. The molecule has 0 unspecified atom stereocenters. The van der Waals surface area contributed by atoms with Gasteiger partial charge in [0.25, 0.3) is 5.91 Å². The molecule has 1 saturated heterocycles. The third-order valence-electron chi connectivity index (χ3n) is 5.78. The number of urea groups is 1. The molecule has 2 aromatic rings. The molecule has 0 radical (unpaired) electrons. The predicted octanol–water partition coefficient (Wildman–Crippen LogP) is 2.96. The molecule has 2 heterocycles. The van der Waals surface area contributed by atoms with E-state index in [1.54, 1.807) is 0 Å². The molecule has 4 rings (SSSR count). The van der Waals surface area contributed by atoms with Crippen LogP contribution < -0.4 is 15.5 Å². The molecule has 0 aromatic heterocycles. The van der Waals surface area contributed by atoms with E-state index in [9.17, 15) is 9.59 Å². The highest BCUT2D eigenvalue weighted by molar-refractivity contribution is 6.02. The number of para-hydroxylation sites is 1. The fourth-order valence-corrected chi connectivity index (χ4v) is 4.31. The Kier molecular flexibility index (Phi) is 4.94. The van der Waals surface area contributed by atoms with E-state index in [0.717, 1.165) is 23.4 Å². The van der Waals surface area contributed by atoms with Crippen LogP contribution in [0.3, 0.4) is 0 Å². The third-order valence-corrected chi connectivity index (χ3v) is 5.78. The Balaban J connectivity index is 1.43. The quantitative estimate of drug-likeness (QED) is 0.863. The van der Waals surface area contributed by atoms with E-state index in [2.05, 4.69) is 22.5 Å². The summed E-state index contributed by atoms with van der Waals surface area (Å²) < 4.78 is 0. The molecule has 2 N–H and O–H groups in total. The Labute approximate surface area is 165 Å². The SMILES string of the molecule is CCN1c2ccccc2C(=O)NC12CCN(C(=O)NCc1ccccc1)CC2. The summed E-state index contributed by atoms with van der Waals surface area (Å²) in [4.78, 5) is 29.4. The van der Waals surface area contributed by atoms with Crippen molar-refractivity contribution in [1.29, 1.82) is 0 Å². The molecule has 2 aliphatic heterocycles. The number of carbonyl (C=O) groups is 2. The number of nitrogens with one attached hydrogen (secondary N) is 2. The zero-order valence-electron chi connectivity index (χ0n) is 16.1. The lowest BCUT2D eigenvalue weighted by Crippen LogP contribution is -2.68. The van der Waals surface area contributed by atoms with Gasteiger partial charge in [0, 0.05) is 39.0 Å². The summed E-state index contributed by atoms with van der Waals surface area (Å²) in [6.45, 7) is 4.65. The molecule has 0 atom stereocenters. The number of anilines is 1. The van der Waals surface area contributed by atoms with Crippen LogP contribution in [-0.4, -0.2) is 42.1 Å². The first kappa shape index (κ1) is 18.3. The van der Waals surface area contributed by atoms with Crippen LogP contribution >= 0.6 is 0 Å². The van der Waals surface area contributed by atoms with Crippen molar-refractivity contribution < 1.29 is 9.59 Å². The molecule has 146 valence electrons. The number of likely N-dealkylation sites (tertiary alicyclic amines) is 1. The number of fused-ring (bicyclic) bond motifs is 1. The Morgan fingerprint density at radius 3 is 2.46 bits per heavy atom. The summed E-state index contributed by atoms with van der Waals surface area (Å²) in [6.07, 6.45) is 1.42. The standard InChI is InChI=1S/C22H26N4O2/c1-2-26-19-11-7-6-10-18(19)20(27)24-22(26)12-14-25(15-13-22)21(28)23-16-17-8-4-3-5-9-17/h3-11H,2,12-16H2,1H3,(H,23,28)(H,24,27). The summed E-state index contributed by atoms with van der Waals surface area (Å²) >= 11 is 0. The monoisotopic (exact) mass is 378 g/mol. The molecule has 1 spiro atoms. The van der Waals surface area contributed by atoms with Gasteiger partial charge < -0.3 is 20.4 Å². The third kappa shape index (κ3) is 3.30. The van der Waals surface area contributed by atoms with Crippen LogP contribution in [0.5, 0.6) is 0 Å². The lowest BCUT2D eigenvalue weighted by Gasteiger charge is -2.52. The number of piperidine rings is 1. The Morgan fingerprint density at radius 1 is 1.07 bits per heavy atom. The number of nitrogens with zero attached hydrogens (tertiary/aromatic N) is 2. The molecule has 6 heteroatoms. The van der Waals surface area contributed by atoms with Crippen molar-refractivity contribution >= 4 is 17.6 Å². The molecule has 1 fully saturated rings. The van der Waals surface area contributed by atoms with Gasteiger partial charge in [-0.3, -0.25) is 4.79 Å². The lowest BCUT2D eigenvalue weighted by atomic mass is 9.90. The van der Waals surface area contributed by atoms with Gasteiger partial charge in [0.15, 0.2) is 0 Å². The van der Waals surface area contributed by atoms with Crippen molar-refractivity contribution in [2.24, 2.45) is 0 Å². The second kappa shape index (κ2) is 7.54. The first-order chi connectivity index (χ1) is 13.6. The average molecular weight is 378 g/mol. The highest BCUT2D eigenvalue weighted by Gasteiger charge is 2.45. The normalized spacial score (nSPS) is 17.8. The van der Waals surface area contributed by atoms with Gasteiger partial charge in [-0.15, -0.1) is 0 Å². The van der Waals surface area contributed by atoms with E-state index in [-0.39, 0.29) is 11.9 Å². The molecular formula is C22H26N4O2. The Bertz CT molecular complexity index is 860. The molecule has 2 aliphatic rings. The molecular weight excluding hydrogens is 352 g/mol. The van der Waals surface area contributed by atoms with Gasteiger partial charge in [0.1, 0.15) is 5.66 Å². The minimum absolute atomic E-state index is 0.0257. The van der Waals surface area contributed by atoms with Crippen LogP contribution in [0, 0.1) is 0 Å². The number of rotatable bonds is 3. The minimum atomic E-state index is -0.420.